The first-order valence-corrected chi connectivity index (χ1v) is 8.56. The molecular formula is C17H19Br2NO. The zero-order valence-corrected chi connectivity index (χ0v) is 15.6. The Morgan fingerprint density at radius 2 is 1.90 bits per heavy atom. The second kappa shape index (κ2) is 7.43. The van der Waals surface area contributed by atoms with Crippen LogP contribution < -0.4 is 10.1 Å². The Morgan fingerprint density at radius 1 is 1.14 bits per heavy atom. The molecule has 1 atom stereocenters. The summed E-state index contributed by atoms with van der Waals surface area (Å²) in [5.74, 6) is 1.73. The van der Waals surface area contributed by atoms with Crippen molar-refractivity contribution in [3.8, 4) is 11.5 Å². The van der Waals surface area contributed by atoms with E-state index in [0.717, 1.165) is 38.1 Å². The third-order valence-corrected chi connectivity index (χ3v) is 4.69. The van der Waals surface area contributed by atoms with Gasteiger partial charge in [-0.3, -0.25) is 0 Å². The van der Waals surface area contributed by atoms with Gasteiger partial charge in [0.1, 0.15) is 11.5 Å². The van der Waals surface area contributed by atoms with Gasteiger partial charge < -0.3 is 10.1 Å². The Balaban J connectivity index is 2.32. The number of aryl methyl sites for hydroxylation is 1. The van der Waals surface area contributed by atoms with Crippen LogP contribution in [-0.2, 0) is 0 Å². The van der Waals surface area contributed by atoms with Crippen LogP contribution in [0.15, 0.2) is 45.3 Å². The van der Waals surface area contributed by atoms with E-state index in [-0.39, 0.29) is 6.04 Å². The van der Waals surface area contributed by atoms with E-state index < -0.39 is 0 Å². The van der Waals surface area contributed by atoms with Crippen LogP contribution in [0.3, 0.4) is 0 Å². The molecule has 2 aromatic rings. The Bertz CT molecular complexity index is 628. The van der Waals surface area contributed by atoms with E-state index in [9.17, 15) is 0 Å². The summed E-state index contributed by atoms with van der Waals surface area (Å²) in [6, 6.07) is 12.4. The third kappa shape index (κ3) is 4.31. The van der Waals surface area contributed by atoms with Crippen molar-refractivity contribution in [2.24, 2.45) is 0 Å². The first-order chi connectivity index (χ1) is 10.0. The minimum atomic E-state index is 0.235. The molecule has 0 saturated carbocycles. The van der Waals surface area contributed by atoms with Crippen LogP contribution in [0.5, 0.6) is 11.5 Å². The van der Waals surface area contributed by atoms with E-state index in [1.54, 1.807) is 0 Å². The van der Waals surface area contributed by atoms with Crippen LogP contribution in [0.1, 0.15) is 31.0 Å². The number of nitrogens with one attached hydrogen (secondary N) is 1. The van der Waals surface area contributed by atoms with Crippen molar-refractivity contribution in [2.45, 2.75) is 26.8 Å². The van der Waals surface area contributed by atoms with E-state index in [1.807, 2.05) is 30.3 Å². The average Bonchev–Trinajstić information content (AvgIpc) is 2.45. The lowest BCUT2D eigenvalue weighted by molar-refractivity contribution is 0.462. The molecule has 0 amide bonds. The van der Waals surface area contributed by atoms with Gasteiger partial charge in [0.15, 0.2) is 0 Å². The van der Waals surface area contributed by atoms with Gasteiger partial charge in [-0.2, -0.15) is 0 Å². The molecule has 112 valence electrons. The predicted molar refractivity (Wildman–Crippen MR) is 95.2 cm³/mol. The number of hydrogen-bond acceptors (Lipinski definition) is 2. The molecule has 0 aromatic heterocycles. The molecule has 2 aromatic carbocycles. The SMILES string of the molecule is CCNC(C)c1cc(Br)ccc1Oc1ccc(Br)c(C)c1. The summed E-state index contributed by atoms with van der Waals surface area (Å²) in [4.78, 5) is 0. The van der Waals surface area contributed by atoms with Crippen molar-refractivity contribution in [3.05, 3.63) is 56.5 Å². The first-order valence-electron chi connectivity index (χ1n) is 6.98. The highest BCUT2D eigenvalue weighted by Crippen LogP contribution is 2.33. The molecule has 1 N–H and O–H groups in total. The van der Waals surface area contributed by atoms with Crippen molar-refractivity contribution in [1.82, 2.24) is 5.32 Å². The Hall–Kier alpha value is -0.840. The fourth-order valence-electron chi connectivity index (χ4n) is 2.17. The van der Waals surface area contributed by atoms with E-state index in [0.29, 0.717) is 0 Å². The van der Waals surface area contributed by atoms with E-state index >= 15 is 0 Å². The number of rotatable bonds is 5. The Kier molecular flexibility index (Phi) is 5.85. The highest BCUT2D eigenvalue weighted by molar-refractivity contribution is 9.10. The predicted octanol–water partition coefficient (Wildman–Crippen LogP) is 5.98. The summed E-state index contributed by atoms with van der Waals surface area (Å²) < 4.78 is 8.23. The lowest BCUT2D eigenvalue weighted by Crippen LogP contribution is -2.18. The van der Waals surface area contributed by atoms with Gasteiger partial charge in [-0.25, -0.2) is 0 Å². The minimum absolute atomic E-state index is 0.235. The van der Waals surface area contributed by atoms with Crippen LogP contribution in [0.2, 0.25) is 0 Å². The molecule has 21 heavy (non-hydrogen) atoms. The summed E-state index contributed by atoms with van der Waals surface area (Å²) in [7, 11) is 0. The van der Waals surface area contributed by atoms with E-state index in [1.165, 1.54) is 0 Å². The van der Waals surface area contributed by atoms with Gasteiger partial charge in [0, 0.05) is 20.6 Å². The molecule has 0 heterocycles. The van der Waals surface area contributed by atoms with E-state index in [4.69, 9.17) is 4.74 Å². The second-order valence-corrected chi connectivity index (χ2v) is 6.74. The zero-order chi connectivity index (χ0) is 15.4. The molecule has 0 spiro atoms. The number of ether oxygens (including phenoxy) is 1. The smallest absolute Gasteiger partial charge is 0.132 e. The monoisotopic (exact) mass is 411 g/mol. The topological polar surface area (TPSA) is 21.3 Å². The van der Waals surface area contributed by atoms with Crippen LogP contribution in [0, 0.1) is 6.92 Å². The molecule has 0 fully saturated rings. The summed E-state index contributed by atoms with van der Waals surface area (Å²) in [5.41, 5.74) is 2.30. The van der Waals surface area contributed by atoms with Crippen LogP contribution in [0.25, 0.3) is 0 Å². The summed E-state index contributed by atoms with van der Waals surface area (Å²) in [6.07, 6.45) is 0. The molecule has 0 bridgehead atoms. The minimum Gasteiger partial charge on any atom is -0.457 e. The summed E-state index contributed by atoms with van der Waals surface area (Å²) in [5, 5.41) is 3.43. The lowest BCUT2D eigenvalue weighted by Gasteiger charge is -2.18. The number of hydrogen-bond donors (Lipinski definition) is 1. The molecule has 0 aliphatic rings. The standard InChI is InChI=1S/C17H19Br2NO/c1-4-20-12(3)15-10-13(18)5-8-17(15)21-14-6-7-16(19)11(2)9-14/h5-10,12,20H,4H2,1-3H3. The molecule has 4 heteroatoms. The molecule has 0 aliphatic heterocycles. The van der Waals surface area contributed by atoms with Gasteiger partial charge in [0.05, 0.1) is 0 Å². The maximum Gasteiger partial charge on any atom is 0.132 e. The molecule has 1 unspecified atom stereocenters. The van der Waals surface area contributed by atoms with E-state index in [2.05, 4.69) is 64.0 Å². The molecule has 0 radical (unpaired) electrons. The third-order valence-electron chi connectivity index (χ3n) is 3.31. The number of halogens is 2. The van der Waals surface area contributed by atoms with Crippen molar-refractivity contribution in [2.75, 3.05) is 6.54 Å². The first kappa shape index (κ1) is 16.5. The van der Waals surface area contributed by atoms with Gasteiger partial charge >= 0.3 is 0 Å². The Morgan fingerprint density at radius 3 is 2.57 bits per heavy atom. The largest absolute Gasteiger partial charge is 0.457 e. The molecule has 0 aliphatic carbocycles. The Labute approximate surface area is 143 Å². The maximum absolute atomic E-state index is 6.09. The summed E-state index contributed by atoms with van der Waals surface area (Å²) in [6.45, 7) is 7.23. The van der Waals surface area contributed by atoms with Crippen LogP contribution in [0.4, 0.5) is 0 Å². The second-order valence-electron chi connectivity index (χ2n) is 4.97. The number of benzene rings is 2. The highest BCUT2D eigenvalue weighted by atomic mass is 79.9. The van der Waals surface area contributed by atoms with Crippen molar-refractivity contribution in [1.29, 1.82) is 0 Å². The van der Waals surface area contributed by atoms with Crippen LogP contribution in [-0.4, -0.2) is 6.54 Å². The highest BCUT2D eigenvalue weighted by Gasteiger charge is 2.12. The molecule has 0 saturated heterocycles. The van der Waals surface area contributed by atoms with Gasteiger partial charge in [0.25, 0.3) is 0 Å². The van der Waals surface area contributed by atoms with Gasteiger partial charge in [-0.15, -0.1) is 0 Å². The van der Waals surface area contributed by atoms with Gasteiger partial charge in [-0.1, -0.05) is 38.8 Å². The van der Waals surface area contributed by atoms with Crippen molar-refractivity contribution < 1.29 is 4.74 Å². The van der Waals surface area contributed by atoms with Crippen molar-refractivity contribution >= 4 is 31.9 Å². The van der Waals surface area contributed by atoms with Gasteiger partial charge in [0.2, 0.25) is 0 Å². The average molecular weight is 413 g/mol. The lowest BCUT2D eigenvalue weighted by atomic mass is 10.1. The van der Waals surface area contributed by atoms with Gasteiger partial charge in [-0.05, 0) is 62.4 Å². The fourth-order valence-corrected chi connectivity index (χ4v) is 2.80. The summed E-state index contributed by atoms with van der Waals surface area (Å²) >= 11 is 7.04. The normalized spacial score (nSPS) is 12.2. The fraction of sp³-hybridized carbons (Fsp3) is 0.294. The van der Waals surface area contributed by atoms with Crippen LogP contribution >= 0.6 is 31.9 Å². The quantitative estimate of drug-likeness (QED) is 0.651. The molecular weight excluding hydrogens is 394 g/mol. The molecule has 2 nitrogen and oxygen atoms in total. The van der Waals surface area contributed by atoms with Crippen molar-refractivity contribution in [3.63, 3.8) is 0 Å². The maximum atomic E-state index is 6.09. The zero-order valence-electron chi connectivity index (χ0n) is 12.4. The molecule has 2 rings (SSSR count).